The minimum atomic E-state index is -0.823. The second-order valence-corrected chi connectivity index (χ2v) is 7.97. The van der Waals surface area contributed by atoms with Crippen molar-refractivity contribution in [2.75, 3.05) is 47.4 Å². The van der Waals surface area contributed by atoms with Gasteiger partial charge < -0.3 is 24.6 Å². The summed E-state index contributed by atoms with van der Waals surface area (Å²) in [5.74, 6) is -1.08. The van der Waals surface area contributed by atoms with Crippen LogP contribution in [0.15, 0.2) is 36.4 Å². The summed E-state index contributed by atoms with van der Waals surface area (Å²) in [5.41, 5.74) is 1.12. The molecule has 2 aromatic carbocycles. The maximum atomic E-state index is 14.9. The van der Waals surface area contributed by atoms with E-state index in [-0.39, 0.29) is 17.4 Å². The lowest BCUT2D eigenvalue weighted by molar-refractivity contribution is -0.124. The number of ether oxygens (including phenoxy) is 2. The first-order chi connectivity index (χ1) is 15.9. The topological polar surface area (TPSA) is 71.1 Å². The van der Waals surface area contributed by atoms with Crippen LogP contribution in [0.1, 0.15) is 47.3 Å². The number of fused-ring (bicyclic) bond motifs is 1. The van der Waals surface area contributed by atoms with Gasteiger partial charge in [0.05, 0.1) is 26.2 Å². The van der Waals surface area contributed by atoms with Gasteiger partial charge >= 0.3 is 0 Å². The Balaban J connectivity index is 2.09. The number of likely N-dealkylation sites (N-methyl/N-ethyl adjacent to an activating group) is 2. The largest absolute Gasteiger partial charge is 0.493 e. The van der Waals surface area contributed by atoms with E-state index in [1.165, 1.54) is 25.2 Å². The first kappa shape index (κ1) is 24.5. The van der Waals surface area contributed by atoms with Crippen LogP contribution >= 0.6 is 0 Å². The van der Waals surface area contributed by atoms with Crippen LogP contribution in [0.3, 0.4) is 0 Å². The molecule has 1 heterocycles. The number of carbonyl (C=O) groups excluding carboxylic acids is 2. The Morgan fingerprint density at radius 3 is 2.33 bits per heavy atom. The molecule has 7 nitrogen and oxygen atoms in total. The van der Waals surface area contributed by atoms with E-state index in [0.29, 0.717) is 35.7 Å². The maximum absolute atomic E-state index is 14.9. The fourth-order valence-electron chi connectivity index (χ4n) is 4.42. The van der Waals surface area contributed by atoms with E-state index in [0.717, 1.165) is 13.1 Å². The van der Waals surface area contributed by atoms with Gasteiger partial charge in [0.15, 0.2) is 11.5 Å². The lowest BCUT2D eigenvalue weighted by atomic mass is 9.79. The number of rotatable bonds is 9. The Kier molecular flexibility index (Phi) is 7.92. The summed E-state index contributed by atoms with van der Waals surface area (Å²) in [5, 5.41) is 3.00. The Labute approximate surface area is 194 Å². The van der Waals surface area contributed by atoms with Crippen molar-refractivity contribution in [1.82, 2.24) is 15.1 Å². The van der Waals surface area contributed by atoms with E-state index >= 15 is 0 Å². The van der Waals surface area contributed by atoms with Crippen LogP contribution in [0, 0.1) is 5.82 Å². The van der Waals surface area contributed by atoms with Crippen molar-refractivity contribution in [1.29, 1.82) is 0 Å². The summed E-state index contributed by atoms with van der Waals surface area (Å²) in [4.78, 5) is 30.5. The lowest BCUT2D eigenvalue weighted by Gasteiger charge is -2.40. The molecule has 178 valence electrons. The molecule has 1 aliphatic rings. The second-order valence-electron chi connectivity index (χ2n) is 7.97. The summed E-state index contributed by atoms with van der Waals surface area (Å²) < 4.78 is 25.7. The maximum Gasteiger partial charge on any atom is 0.254 e. The highest BCUT2D eigenvalue weighted by Crippen LogP contribution is 2.46. The van der Waals surface area contributed by atoms with E-state index in [2.05, 4.69) is 24.1 Å². The summed E-state index contributed by atoms with van der Waals surface area (Å²) in [6.07, 6.45) is 0. The monoisotopic (exact) mass is 457 g/mol. The first-order valence-corrected chi connectivity index (χ1v) is 11.1. The summed E-state index contributed by atoms with van der Waals surface area (Å²) >= 11 is 0. The number of hydrogen-bond acceptors (Lipinski definition) is 5. The van der Waals surface area contributed by atoms with Crippen LogP contribution in [-0.2, 0) is 4.79 Å². The van der Waals surface area contributed by atoms with Gasteiger partial charge in [-0.25, -0.2) is 4.39 Å². The Morgan fingerprint density at radius 2 is 1.73 bits per heavy atom. The molecular formula is C25H32FN3O4. The van der Waals surface area contributed by atoms with Crippen molar-refractivity contribution in [2.24, 2.45) is 0 Å². The molecular weight excluding hydrogens is 425 g/mol. The number of carbonyl (C=O) groups is 2. The lowest BCUT2D eigenvalue weighted by Crippen LogP contribution is -2.47. The van der Waals surface area contributed by atoms with Crippen molar-refractivity contribution in [3.63, 3.8) is 0 Å². The standard InChI is InChI=1S/C25H32FN3O4/c1-6-29(7-2)13-12-27-24(30)22-17-14-20(32-4)21(33-5)15-18(17)25(31)28(3)23(22)16-10-8-9-11-19(16)26/h8-11,14-15,22-23H,6-7,12-13H2,1-5H3,(H,27,30)/t22-,23-/m0/s1. The molecule has 0 unspecified atom stereocenters. The van der Waals surface area contributed by atoms with Crippen LogP contribution in [0.5, 0.6) is 11.5 Å². The van der Waals surface area contributed by atoms with Gasteiger partial charge in [-0.1, -0.05) is 32.0 Å². The molecule has 0 saturated carbocycles. The highest BCUT2D eigenvalue weighted by molar-refractivity contribution is 6.02. The van der Waals surface area contributed by atoms with Crippen molar-refractivity contribution >= 4 is 11.8 Å². The van der Waals surface area contributed by atoms with Crippen molar-refractivity contribution in [3.8, 4) is 11.5 Å². The van der Waals surface area contributed by atoms with Gasteiger partial charge in [0.25, 0.3) is 5.91 Å². The number of halogens is 1. The summed E-state index contributed by atoms with van der Waals surface area (Å²) in [6.45, 7) is 7.04. The van der Waals surface area contributed by atoms with Crippen molar-refractivity contribution in [3.05, 3.63) is 58.9 Å². The van der Waals surface area contributed by atoms with Crippen LogP contribution in [-0.4, -0.2) is 69.1 Å². The predicted octanol–water partition coefficient (Wildman–Crippen LogP) is 3.21. The van der Waals surface area contributed by atoms with E-state index in [1.54, 1.807) is 37.4 Å². The van der Waals surface area contributed by atoms with E-state index in [1.807, 2.05) is 0 Å². The number of amides is 2. The molecule has 3 rings (SSSR count). The zero-order chi connectivity index (χ0) is 24.1. The number of nitrogens with one attached hydrogen (secondary N) is 1. The Morgan fingerprint density at radius 1 is 1.09 bits per heavy atom. The Hall–Kier alpha value is -3.13. The van der Waals surface area contributed by atoms with Gasteiger partial charge in [0.2, 0.25) is 5.91 Å². The quantitative estimate of drug-likeness (QED) is 0.626. The normalized spacial score (nSPS) is 17.7. The molecule has 0 aliphatic carbocycles. The van der Waals surface area contributed by atoms with Crippen LogP contribution < -0.4 is 14.8 Å². The number of nitrogens with zero attached hydrogens (tertiary/aromatic N) is 2. The van der Waals surface area contributed by atoms with Crippen molar-refractivity contribution in [2.45, 2.75) is 25.8 Å². The minimum Gasteiger partial charge on any atom is -0.493 e. The zero-order valence-electron chi connectivity index (χ0n) is 19.9. The Bertz CT molecular complexity index is 1010. The minimum absolute atomic E-state index is 0.275. The molecule has 33 heavy (non-hydrogen) atoms. The zero-order valence-corrected chi connectivity index (χ0v) is 19.9. The average molecular weight is 458 g/mol. The van der Waals surface area contributed by atoms with Crippen LogP contribution in [0.4, 0.5) is 4.39 Å². The van der Waals surface area contributed by atoms with Crippen molar-refractivity contribution < 1.29 is 23.5 Å². The number of hydrogen-bond donors (Lipinski definition) is 1. The highest BCUT2D eigenvalue weighted by Gasteiger charge is 2.44. The second kappa shape index (κ2) is 10.7. The molecule has 2 amide bonds. The molecule has 0 bridgehead atoms. The molecule has 8 heteroatoms. The first-order valence-electron chi connectivity index (χ1n) is 11.1. The molecule has 0 fully saturated rings. The molecule has 0 saturated heterocycles. The SMILES string of the molecule is CCN(CC)CCNC(=O)[C@H]1c2cc(OC)c(OC)cc2C(=O)N(C)[C@H]1c1ccccc1F. The highest BCUT2D eigenvalue weighted by atomic mass is 19.1. The van der Waals surface area contributed by atoms with Gasteiger partial charge in [0.1, 0.15) is 5.82 Å². The van der Waals surface area contributed by atoms with Gasteiger partial charge in [-0.15, -0.1) is 0 Å². The number of methoxy groups -OCH3 is 2. The third-order valence-corrected chi connectivity index (χ3v) is 6.30. The third-order valence-electron chi connectivity index (χ3n) is 6.30. The van der Waals surface area contributed by atoms with Crippen LogP contribution in [0.25, 0.3) is 0 Å². The fourth-order valence-corrected chi connectivity index (χ4v) is 4.42. The van der Waals surface area contributed by atoms with Gasteiger partial charge in [-0.2, -0.15) is 0 Å². The molecule has 1 aliphatic heterocycles. The van der Waals surface area contributed by atoms with E-state index < -0.39 is 17.8 Å². The van der Waals surface area contributed by atoms with Gasteiger partial charge in [-0.3, -0.25) is 9.59 Å². The summed E-state index contributed by atoms with van der Waals surface area (Å²) in [7, 11) is 4.57. The molecule has 0 aromatic heterocycles. The molecule has 0 spiro atoms. The molecule has 2 atom stereocenters. The predicted molar refractivity (Wildman–Crippen MR) is 124 cm³/mol. The molecule has 2 aromatic rings. The fraction of sp³-hybridized carbons (Fsp3) is 0.440. The molecule has 0 radical (unpaired) electrons. The van der Waals surface area contributed by atoms with E-state index in [4.69, 9.17) is 9.47 Å². The van der Waals surface area contributed by atoms with Crippen LogP contribution in [0.2, 0.25) is 0 Å². The molecule has 1 N–H and O–H groups in total. The third kappa shape index (κ3) is 4.80. The summed E-state index contributed by atoms with van der Waals surface area (Å²) in [6, 6.07) is 8.68. The van der Waals surface area contributed by atoms with E-state index in [9.17, 15) is 14.0 Å². The van der Waals surface area contributed by atoms with Gasteiger partial charge in [0, 0.05) is 31.3 Å². The average Bonchev–Trinajstić information content (AvgIpc) is 2.83. The number of benzene rings is 2. The van der Waals surface area contributed by atoms with Gasteiger partial charge in [-0.05, 0) is 36.9 Å². The smallest absolute Gasteiger partial charge is 0.254 e.